The summed E-state index contributed by atoms with van der Waals surface area (Å²) in [7, 11) is -3.82. The molecule has 5 rings (SSSR count). The highest BCUT2D eigenvalue weighted by molar-refractivity contribution is 7.91. The van der Waals surface area contributed by atoms with Crippen molar-refractivity contribution < 1.29 is 8.42 Å². The van der Waals surface area contributed by atoms with Crippen LogP contribution in [0.25, 0.3) is 11.1 Å². The van der Waals surface area contributed by atoms with E-state index in [1.807, 2.05) is 91.0 Å². The van der Waals surface area contributed by atoms with Gasteiger partial charge in [-0.25, -0.2) is 8.42 Å². The summed E-state index contributed by atoms with van der Waals surface area (Å²) in [5, 5.41) is 7.10. The van der Waals surface area contributed by atoms with Crippen molar-refractivity contribution in [3.05, 3.63) is 132 Å². The van der Waals surface area contributed by atoms with Gasteiger partial charge < -0.3 is 10.6 Å². The molecule has 0 aromatic heterocycles. The Morgan fingerprint density at radius 2 is 1.06 bits per heavy atom. The van der Waals surface area contributed by atoms with Crippen LogP contribution in [0, 0.1) is 0 Å². The minimum absolute atomic E-state index is 0.183. The van der Waals surface area contributed by atoms with Crippen molar-refractivity contribution in [3.63, 3.8) is 0 Å². The van der Waals surface area contributed by atoms with E-state index < -0.39 is 9.84 Å². The summed E-state index contributed by atoms with van der Waals surface area (Å²) in [4.78, 5) is 0.375. The van der Waals surface area contributed by atoms with E-state index in [-0.39, 0.29) is 9.79 Å². The van der Waals surface area contributed by atoms with E-state index in [2.05, 4.69) is 10.6 Å². The van der Waals surface area contributed by atoms with Crippen LogP contribution in [0.2, 0.25) is 5.02 Å². The second-order valence-corrected chi connectivity index (χ2v) is 10.6. The number of halogens is 1. The van der Waals surface area contributed by atoms with Gasteiger partial charge in [0.15, 0.2) is 0 Å². The summed E-state index contributed by atoms with van der Waals surface area (Å²) >= 11 is 6.00. The van der Waals surface area contributed by atoms with Gasteiger partial charge >= 0.3 is 0 Å². The van der Waals surface area contributed by atoms with Crippen LogP contribution in [0.1, 0.15) is 0 Å². The van der Waals surface area contributed by atoms with Gasteiger partial charge in [-0.2, -0.15) is 0 Å². The van der Waals surface area contributed by atoms with Crippen LogP contribution >= 0.6 is 11.6 Å². The molecule has 0 aliphatic carbocycles. The first-order valence-electron chi connectivity index (χ1n) is 11.4. The zero-order chi connectivity index (χ0) is 25.0. The Hall–Kier alpha value is -4.06. The van der Waals surface area contributed by atoms with Gasteiger partial charge in [0.25, 0.3) is 0 Å². The third kappa shape index (κ3) is 5.28. The SMILES string of the molecule is O=S(=O)(c1ccc(Cl)cc1)c1cc(-c2ccc(Nc3ccccc3)cc2)ccc1Nc1ccccc1. The number of para-hydroxylation sites is 2. The fourth-order valence-corrected chi connectivity index (χ4v) is 5.44. The van der Waals surface area contributed by atoms with Crippen LogP contribution in [-0.4, -0.2) is 8.42 Å². The molecule has 0 saturated heterocycles. The predicted octanol–water partition coefficient (Wildman–Crippen LogP) is 8.33. The summed E-state index contributed by atoms with van der Waals surface area (Å²) < 4.78 is 27.4. The molecule has 0 radical (unpaired) electrons. The topological polar surface area (TPSA) is 58.2 Å². The largest absolute Gasteiger partial charge is 0.356 e. The molecular weight excluding hydrogens is 488 g/mol. The molecule has 2 N–H and O–H groups in total. The summed E-state index contributed by atoms with van der Waals surface area (Å²) in [6.45, 7) is 0. The number of nitrogens with one attached hydrogen (secondary N) is 2. The number of anilines is 4. The molecule has 0 bridgehead atoms. The summed E-state index contributed by atoms with van der Waals surface area (Å²) in [5.41, 5.74) is 4.95. The van der Waals surface area contributed by atoms with Gasteiger partial charge in [-0.05, 0) is 83.9 Å². The second-order valence-electron chi connectivity index (χ2n) is 8.23. The van der Waals surface area contributed by atoms with Gasteiger partial charge in [-0.3, -0.25) is 0 Å². The first-order valence-corrected chi connectivity index (χ1v) is 13.2. The summed E-state index contributed by atoms with van der Waals surface area (Å²) in [5.74, 6) is 0. The van der Waals surface area contributed by atoms with Gasteiger partial charge in [0.05, 0.1) is 15.5 Å². The molecule has 0 aliphatic heterocycles. The minimum atomic E-state index is -3.82. The maximum atomic E-state index is 13.7. The highest BCUT2D eigenvalue weighted by Crippen LogP contribution is 2.35. The third-order valence-electron chi connectivity index (χ3n) is 5.73. The summed E-state index contributed by atoms with van der Waals surface area (Å²) in [6, 6.07) is 39.0. The van der Waals surface area contributed by atoms with Crippen LogP contribution in [0.5, 0.6) is 0 Å². The fraction of sp³-hybridized carbons (Fsp3) is 0. The molecule has 0 amide bonds. The maximum Gasteiger partial charge on any atom is 0.208 e. The molecule has 178 valence electrons. The monoisotopic (exact) mass is 510 g/mol. The fourth-order valence-electron chi connectivity index (χ4n) is 3.88. The Labute approximate surface area is 216 Å². The molecule has 36 heavy (non-hydrogen) atoms. The van der Waals surface area contributed by atoms with Crippen LogP contribution < -0.4 is 10.6 Å². The van der Waals surface area contributed by atoms with Crippen LogP contribution in [0.3, 0.4) is 0 Å². The smallest absolute Gasteiger partial charge is 0.208 e. The van der Waals surface area contributed by atoms with Crippen molar-refractivity contribution in [2.75, 3.05) is 10.6 Å². The Kier molecular flexibility index (Phi) is 6.76. The molecule has 0 heterocycles. The quantitative estimate of drug-likeness (QED) is 0.231. The number of hydrogen-bond acceptors (Lipinski definition) is 4. The highest BCUT2D eigenvalue weighted by atomic mass is 35.5. The molecule has 0 atom stereocenters. The molecular formula is C30H23ClN2O2S. The van der Waals surface area contributed by atoms with Crippen LogP contribution in [0.15, 0.2) is 137 Å². The first kappa shape index (κ1) is 23.7. The Morgan fingerprint density at radius 3 is 1.67 bits per heavy atom. The van der Waals surface area contributed by atoms with Crippen LogP contribution in [-0.2, 0) is 9.84 Å². The van der Waals surface area contributed by atoms with Crippen molar-refractivity contribution in [3.8, 4) is 11.1 Å². The van der Waals surface area contributed by atoms with Crippen molar-refractivity contribution in [1.29, 1.82) is 0 Å². The van der Waals surface area contributed by atoms with Gasteiger partial charge in [0, 0.05) is 22.1 Å². The van der Waals surface area contributed by atoms with Gasteiger partial charge in [0.1, 0.15) is 0 Å². The van der Waals surface area contributed by atoms with E-state index in [4.69, 9.17) is 11.6 Å². The Bertz CT molecular complexity index is 1570. The van der Waals surface area contributed by atoms with Crippen LogP contribution in [0.4, 0.5) is 22.7 Å². The number of rotatable bonds is 7. The van der Waals surface area contributed by atoms with E-state index >= 15 is 0 Å². The molecule has 0 saturated carbocycles. The molecule has 0 fully saturated rings. The Morgan fingerprint density at radius 1 is 0.528 bits per heavy atom. The van der Waals surface area contributed by atoms with E-state index in [0.29, 0.717) is 10.7 Å². The molecule has 0 aliphatic rings. The lowest BCUT2D eigenvalue weighted by molar-refractivity contribution is 0.596. The maximum absolute atomic E-state index is 13.7. The zero-order valence-corrected chi connectivity index (χ0v) is 20.8. The number of benzene rings is 5. The van der Waals surface area contributed by atoms with Crippen molar-refractivity contribution >= 4 is 44.2 Å². The number of hydrogen-bond donors (Lipinski definition) is 2. The lowest BCUT2D eigenvalue weighted by Crippen LogP contribution is -2.06. The lowest BCUT2D eigenvalue weighted by atomic mass is 10.0. The molecule has 6 heteroatoms. The summed E-state index contributed by atoms with van der Waals surface area (Å²) in [6.07, 6.45) is 0. The standard InChI is InChI=1S/C30H23ClN2O2S/c31-24-14-18-28(19-15-24)36(34,35)30-21-23(13-20-29(30)33-26-9-5-2-6-10-26)22-11-16-27(17-12-22)32-25-7-3-1-4-8-25/h1-21,32-33H. The van der Waals surface area contributed by atoms with E-state index in [9.17, 15) is 8.42 Å². The van der Waals surface area contributed by atoms with E-state index in [1.54, 1.807) is 24.3 Å². The average molecular weight is 511 g/mol. The highest BCUT2D eigenvalue weighted by Gasteiger charge is 2.22. The minimum Gasteiger partial charge on any atom is -0.356 e. The molecule has 0 spiro atoms. The van der Waals surface area contributed by atoms with Crippen molar-refractivity contribution in [2.24, 2.45) is 0 Å². The van der Waals surface area contributed by atoms with Gasteiger partial charge in [-0.15, -0.1) is 0 Å². The van der Waals surface area contributed by atoms with Crippen molar-refractivity contribution in [1.82, 2.24) is 0 Å². The van der Waals surface area contributed by atoms with E-state index in [1.165, 1.54) is 12.1 Å². The lowest BCUT2D eigenvalue weighted by Gasteiger charge is -2.15. The first-order chi connectivity index (χ1) is 17.5. The molecule has 5 aromatic rings. The predicted molar refractivity (Wildman–Crippen MR) is 148 cm³/mol. The normalized spacial score (nSPS) is 11.1. The Balaban J connectivity index is 1.53. The second kappa shape index (κ2) is 10.3. The van der Waals surface area contributed by atoms with Crippen molar-refractivity contribution in [2.45, 2.75) is 9.79 Å². The van der Waals surface area contributed by atoms with Gasteiger partial charge in [0.2, 0.25) is 9.84 Å². The number of sulfone groups is 1. The zero-order valence-electron chi connectivity index (χ0n) is 19.2. The molecule has 4 nitrogen and oxygen atoms in total. The van der Waals surface area contributed by atoms with E-state index in [0.717, 1.165) is 28.2 Å². The average Bonchev–Trinajstić information content (AvgIpc) is 2.91. The molecule has 5 aromatic carbocycles. The van der Waals surface area contributed by atoms with Gasteiger partial charge in [-0.1, -0.05) is 66.2 Å². The molecule has 0 unspecified atom stereocenters. The third-order valence-corrected chi connectivity index (χ3v) is 7.79.